The van der Waals surface area contributed by atoms with Crippen LogP contribution in [0.15, 0.2) is 24.4 Å². The second-order valence-corrected chi connectivity index (χ2v) is 3.88. The summed E-state index contributed by atoms with van der Waals surface area (Å²) in [7, 11) is 1.70. The highest BCUT2D eigenvalue weighted by molar-refractivity contribution is 6.04. The minimum atomic E-state index is -0.768. The Morgan fingerprint density at radius 2 is 2.11 bits per heavy atom. The molecule has 0 atom stereocenters. The summed E-state index contributed by atoms with van der Waals surface area (Å²) in [6.45, 7) is 1.71. The molecule has 2 aromatic rings. The van der Waals surface area contributed by atoms with E-state index < -0.39 is 17.5 Å². The highest BCUT2D eigenvalue weighted by atomic mass is 19.1. The molecule has 18 heavy (non-hydrogen) atoms. The van der Waals surface area contributed by atoms with Gasteiger partial charge in [0.05, 0.1) is 16.9 Å². The van der Waals surface area contributed by atoms with Gasteiger partial charge in [0.1, 0.15) is 11.6 Å². The molecule has 0 fully saturated rings. The lowest BCUT2D eigenvalue weighted by Gasteiger charge is -2.04. The van der Waals surface area contributed by atoms with Crippen molar-refractivity contribution in [3.8, 4) is 0 Å². The van der Waals surface area contributed by atoms with Crippen molar-refractivity contribution in [1.29, 1.82) is 0 Å². The molecule has 0 saturated heterocycles. The molecular formula is C12H11F2N3O. The van der Waals surface area contributed by atoms with E-state index in [0.717, 1.165) is 18.2 Å². The van der Waals surface area contributed by atoms with Gasteiger partial charge in [-0.25, -0.2) is 8.78 Å². The first-order chi connectivity index (χ1) is 8.47. The molecule has 0 bridgehead atoms. The number of aromatic nitrogens is 2. The maximum absolute atomic E-state index is 13.4. The monoisotopic (exact) mass is 251 g/mol. The number of nitrogens with zero attached hydrogens (tertiary/aromatic N) is 2. The Morgan fingerprint density at radius 3 is 2.72 bits per heavy atom. The number of aryl methyl sites for hydroxylation is 2. The van der Waals surface area contributed by atoms with Gasteiger partial charge in [-0.1, -0.05) is 0 Å². The molecule has 94 valence electrons. The average molecular weight is 251 g/mol. The summed E-state index contributed by atoms with van der Waals surface area (Å²) < 4.78 is 27.9. The van der Waals surface area contributed by atoms with Gasteiger partial charge in [-0.05, 0) is 25.1 Å². The van der Waals surface area contributed by atoms with E-state index in [0.29, 0.717) is 11.4 Å². The van der Waals surface area contributed by atoms with E-state index in [2.05, 4.69) is 10.4 Å². The molecule has 0 aliphatic carbocycles. The van der Waals surface area contributed by atoms with Gasteiger partial charge in [0, 0.05) is 13.2 Å². The first-order valence-corrected chi connectivity index (χ1v) is 5.24. The van der Waals surface area contributed by atoms with Crippen LogP contribution < -0.4 is 5.32 Å². The fourth-order valence-electron chi connectivity index (χ4n) is 1.58. The summed E-state index contributed by atoms with van der Waals surface area (Å²) in [6.07, 6.45) is 1.59. The van der Waals surface area contributed by atoms with E-state index in [9.17, 15) is 13.6 Å². The molecule has 1 aromatic carbocycles. The number of carbonyl (C=O) groups excluding carboxylic acids is 1. The third kappa shape index (κ3) is 2.37. The maximum atomic E-state index is 13.4. The van der Waals surface area contributed by atoms with E-state index >= 15 is 0 Å². The quantitative estimate of drug-likeness (QED) is 0.889. The van der Waals surface area contributed by atoms with Crippen LogP contribution in [0.4, 0.5) is 14.5 Å². The van der Waals surface area contributed by atoms with Crippen LogP contribution in [0, 0.1) is 18.6 Å². The SMILES string of the molecule is Cc1nn(C)cc1NC(=O)c1cc(F)ccc1F. The lowest BCUT2D eigenvalue weighted by molar-refractivity contribution is 0.102. The number of anilines is 1. The average Bonchev–Trinajstić information content (AvgIpc) is 2.61. The minimum absolute atomic E-state index is 0.335. The van der Waals surface area contributed by atoms with Crippen molar-refractivity contribution in [2.24, 2.45) is 7.05 Å². The Balaban J connectivity index is 2.27. The number of amides is 1. The number of hydrogen-bond acceptors (Lipinski definition) is 2. The van der Waals surface area contributed by atoms with Crippen LogP contribution in [-0.2, 0) is 7.05 Å². The summed E-state index contributed by atoms with van der Waals surface area (Å²) >= 11 is 0. The van der Waals surface area contributed by atoms with Crippen LogP contribution in [0.5, 0.6) is 0 Å². The number of halogens is 2. The van der Waals surface area contributed by atoms with Crippen LogP contribution in [-0.4, -0.2) is 15.7 Å². The Hall–Kier alpha value is -2.24. The molecule has 1 aromatic heterocycles. The smallest absolute Gasteiger partial charge is 0.258 e. The van der Waals surface area contributed by atoms with E-state index in [1.807, 2.05) is 0 Å². The third-order valence-corrected chi connectivity index (χ3v) is 2.43. The van der Waals surface area contributed by atoms with E-state index in [1.54, 1.807) is 20.2 Å². The van der Waals surface area contributed by atoms with Crippen LogP contribution in [0.2, 0.25) is 0 Å². The molecule has 0 spiro atoms. The Labute approximate surface area is 102 Å². The third-order valence-electron chi connectivity index (χ3n) is 2.43. The van der Waals surface area contributed by atoms with Crippen molar-refractivity contribution < 1.29 is 13.6 Å². The van der Waals surface area contributed by atoms with Gasteiger partial charge < -0.3 is 5.32 Å². The van der Waals surface area contributed by atoms with Gasteiger partial charge in [-0.15, -0.1) is 0 Å². The molecule has 4 nitrogen and oxygen atoms in total. The molecule has 0 unspecified atom stereocenters. The Morgan fingerprint density at radius 1 is 1.39 bits per heavy atom. The highest BCUT2D eigenvalue weighted by Gasteiger charge is 2.14. The lowest BCUT2D eigenvalue weighted by atomic mass is 10.2. The van der Waals surface area contributed by atoms with Gasteiger partial charge in [-0.2, -0.15) is 5.10 Å². The summed E-state index contributed by atoms with van der Waals surface area (Å²) in [5.74, 6) is -2.14. The molecule has 0 radical (unpaired) electrons. The number of nitrogens with one attached hydrogen (secondary N) is 1. The van der Waals surface area contributed by atoms with Crippen molar-refractivity contribution in [3.63, 3.8) is 0 Å². The standard InChI is InChI=1S/C12H11F2N3O/c1-7-11(6-17(2)16-7)15-12(18)9-5-8(13)3-4-10(9)14/h3-6H,1-2H3,(H,15,18). The number of rotatable bonds is 2. The molecular weight excluding hydrogens is 240 g/mol. The maximum Gasteiger partial charge on any atom is 0.258 e. The van der Waals surface area contributed by atoms with Crippen molar-refractivity contribution >= 4 is 11.6 Å². The van der Waals surface area contributed by atoms with E-state index in [1.165, 1.54) is 4.68 Å². The van der Waals surface area contributed by atoms with Crippen LogP contribution in [0.1, 0.15) is 16.1 Å². The second kappa shape index (κ2) is 4.56. The fourth-order valence-corrected chi connectivity index (χ4v) is 1.58. The molecule has 2 rings (SSSR count). The number of hydrogen-bond donors (Lipinski definition) is 1. The van der Waals surface area contributed by atoms with Gasteiger partial charge in [-0.3, -0.25) is 9.48 Å². The Kier molecular flexibility index (Phi) is 3.10. The molecule has 1 N–H and O–H groups in total. The van der Waals surface area contributed by atoms with Crippen molar-refractivity contribution in [1.82, 2.24) is 9.78 Å². The molecule has 1 heterocycles. The molecule has 1 amide bonds. The molecule has 0 saturated carbocycles. The second-order valence-electron chi connectivity index (χ2n) is 3.88. The molecule has 0 aliphatic rings. The summed E-state index contributed by atoms with van der Waals surface area (Å²) in [5, 5.41) is 6.52. The predicted molar refractivity (Wildman–Crippen MR) is 62.3 cm³/mol. The minimum Gasteiger partial charge on any atom is -0.319 e. The first-order valence-electron chi connectivity index (χ1n) is 5.24. The topological polar surface area (TPSA) is 46.9 Å². The van der Waals surface area contributed by atoms with Crippen molar-refractivity contribution in [2.75, 3.05) is 5.32 Å². The van der Waals surface area contributed by atoms with E-state index in [4.69, 9.17) is 0 Å². The summed E-state index contributed by atoms with van der Waals surface area (Å²) in [5.41, 5.74) is 0.729. The molecule has 6 heteroatoms. The van der Waals surface area contributed by atoms with Crippen molar-refractivity contribution in [3.05, 3.63) is 47.3 Å². The van der Waals surface area contributed by atoms with Gasteiger partial charge in [0.2, 0.25) is 0 Å². The normalized spacial score (nSPS) is 10.4. The van der Waals surface area contributed by atoms with Gasteiger partial charge in [0.15, 0.2) is 0 Å². The highest BCUT2D eigenvalue weighted by Crippen LogP contribution is 2.15. The summed E-state index contributed by atoms with van der Waals surface area (Å²) in [4.78, 5) is 11.8. The molecule has 0 aliphatic heterocycles. The van der Waals surface area contributed by atoms with Crippen molar-refractivity contribution in [2.45, 2.75) is 6.92 Å². The largest absolute Gasteiger partial charge is 0.319 e. The Bertz CT molecular complexity index is 607. The lowest BCUT2D eigenvalue weighted by Crippen LogP contribution is -2.14. The zero-order chi connectivity index (χ0) is 13.3. The fraction of sp³-hybridized carbons (Fsp3) is 0.167. The zero-order valence-corrected chi connectivity index (χ0v) is 9.87. The van der Waals surface area contributed by atoms with Crippen LogP contribution in [0.3, 0.4) is 0 Å². The van der Waals surface area contributed by atoms with Crippen LogP contribution in [0.25, 0.3) is 0 Å². The zero-order valence-electron chi connectivity index (χ0n) is 9.87. The van der Waals surface area contributed by atoms with E-state index in [-0.39, 0.29) is 5.56 Å². The summed E-state index contributed by atoms with van der Waals surface area (Å²) in [6, 6.07) is 2.73. The van der Waals surface area contributed by atoms with Gasteiger partial charge in [0.25, 0.3) is 5.91 Å². The number of carbonyl (C=O) groups is 1. The number of benzene rings is 1. The van der Waals surface area contributed by atoms with Gasteiger partial charge >= 0.3 is 0 Å². The first kappa shape index (κ1) is 12.2. The van der Waals surface area contributed by atoms with Crippen LogP contribution >= 0.6 is 0 Å². The predicted octanol–water partition coefficient (Wildman–Crippen LogP) is 2.26.